The fourth-order valence-electron chi connectivity index (χ4n) is 0.0745. The minimum atomic E-state index is 0.969. The molecule has 0 atom stereocenters. The van der Waals surface area contributed by atoms with E-state index in [-0.39, 0.29) is 0 Å². The molecule has 0 saturated carbocycles. The average Bonchev–Trinajstić information content (AvgIpc) is 1.41. The van der Waals surface area contributed by atoms with Gasteiger partial charge in [0.05, 0.1) is 6.72 Å². The van der Waals surface area contributed by atoms with Crippen molar-refractivity contribution < 1.29 is 0 Å². The lowest BCUT2D eigenvalue weighted by Crippen LogP contribution is -1.52. The van der Waals surface area contributed by atoms with Crippen LogP contribution in [0.15, 0.2) is 4.40 Å². The summed E-state index contributed by atoms with van der Waals surface area (Å²) >= 11 is 1.37. The number of hydrogen-bond acceptors (Lipinski definition) is 2. The molecule has 0 heterocycles. The van der Waals surface area contributed by atoms with Crippen molar-refractivity contribution in [2.45, 2.75) is 6.92 Å². The maximum atomic E-state index is 4.73. The Balaban J connectivity index is 2.40. The van der Waals surface area contributed by atoms with Gasteiger partial charge >= 0.3 is 0 Å². The zero-order valence-corrected chi connectivity index (χ0v) is 3.96. The van der Waals surface area contributed by atoms with Crippen LogP contribution in [0.2, 0.25) is 0 Å². The fraction of sp³-hybridized carbons (Fsp3) is 0.667. The predicted octanol–water partition coefficient (Wildman–Crippen LogP) is 1.23. The summed E-state index contributed by atoms with van der Waals surface area (Å²) in [7, 11) is 0. The summed E-state index contributed by atoms with van der Waals surface area (Å²) in [6, 6.07) is 0. The van der Waals surface area contributed by atoms with E-state index in [0.29, 0.717) is 0 Å². The topological polar surface area (TPSA) is 12.4 Å². The highest BCUT2D eigenvalue weighted by Crippen LogP contribution is 1.94. The van der Waals surface area contributed by atoms with Gasteiger partial charge in [-0.25, -0.2) is 4.40 Å². The second kappa shape index (κ2) is 4.02. The van der Waals surface area contributed by atoms with Gasteiger partial charge in [-0.1, -0.05) is 6.92 Å². The van der Waals surface area contributed by atoms with Crippen LogP contribution in [0.25, 0.3) is 0 Å². The van der Waals surface area contributed by atoms with Gasteiger partial charge in [-0.05, 0) is 11.9 Å². The zero-order valence-electron chi connectivity index (χ0n) is 3.14. The standard InChI is InChI=1S/C3H6NS/c1-3-5-4-2/h2H,3H2,1H3. The van der Waals surface area contributed by atoms with Crippen molar-refractivity contribution in [1.29, 1.82) is 0 Å². The Morgan fingerprint density at radius 2 is 2.60 bits per heavy atom. The van der Waals surface area contributed by atoms with Crippen LogP contribution in [0.5, 0.6) is 0 Å². The first-order valence-corrected chi connectivity index (χ1v) is 2.38. The lowest BCUT2D eigenvalue weighted by molar-refractivity contribution is 1.52. The third kappa shape index (κ3) is 4.02. The summed E-state index contributed by atoms with van der Waals surface area (Å²) in [5.74, 6) is 0.969. The van der Waals surface area contributed by atoms with Crippen molar-refractivity contribution in [2.24, 2.45) is 4.40 Å². The molecule has 0 fully saturated rings. The second-order valence-electron chi connectivity index (χ2n) is 0.523. The van der Waals surface area contributed by atoms with E-state index in [1.165, 1.54) is 11.9 Å². The van der Waals surface area contributed by atoms with E-state index in [1.807, 2.05) is 6.92 Å². The molecule has 1 radical (unpaired) electrons. The molecule has 0 rings (SSSR count). The molecule has 0 aliphatic rings. The molecule has 5 heavy (non-hydrogen) atoms. The highest BCUT2D eigenvalue weighted by Gasteiger charge is 1.62. The molecule has 0 aliphatic heterocycles. The minimum absolute atomic E-state index is 0.969. The highest BCUT2D eigenvalue weighted by molar-refractivity contribution is 7.98. The van der Waals surface area contributed by atoms with Crippen LogP contribution in [0, 0.1) is 0 Å². The van der Waals surface area contributed by atoms with Crippen molar-refractivity contribution in [2.75, 3.05) is 5.75 Å². The molecule has 0 aromatic rings. The SMILES string of the molecule is [CH]=NSCC. The molecule has 0 aromatic carbocycles. The minimum Gasteiger partial charge on any atom is -0.223 e. The zero-order chi connectivity index (χ0) is 4.12. The van der Waals surface area contributed by atoms with Gasteiger partial charge in [-0.2, -0.15) is 0 Å². The third-order valence-corrected chi connectivity index (χ3v) is 0.611. The van der Waals surface area contributed by atoms with Gasteiger partial charge < -0.3 is 0 Å². The Bertz CT molecular complexity index is 28.1. The molecule has 2 heteroatoms. The second-order valence-corrected chi connectivity index (χ2v) is 1.57. The van der Waals surface area contributed by atoms with Crippen LogP contribution in [0.4, 0.5) is 0 Å². The van der Waals surface area contributed by atoms with Crippen LogP contribution in [0.1, 0.15) is 6.92 Å². The predicted molar refractivity (Wildman–Crippen MR) is 26.6 cm³/mol. The summed E-state index contributed by atoms with van der Waals surface area (Å²) in [5, 5.41) is 0. The van der Waals surface area contributed by atoms with Crippen molar-refractivity contribution >= 4 is 18.7 Å². The molecule has 0 amide bonds. The van der Waals surface area contributed by atoms with Crippen molar-refractivity contribution in [3.63, 3.8) is 0 Å². The van der Waals surface area contributed by atoms with Gasteiger partial charge in [-0.15, -0.1) is 0 Å². The lowest BCUT2D eigenvalue weighted by atomic mass is 11.0. The maximum Gasteiger partial charge on any atom is 0.0541 e. The summed E-state index contributed by atoms with van der Waals surface area (Å²) in [4.78, 5) is 0. The van der Waals surface area contributed by atoms with Crippen LogP contribution < -0.4 is 0 Å². The smallest absolute Gasteiger partial charge is 0.0541 e. The summed E-state index contributed by atoms with van der Waals surface area (Å²) in [5.41, 5.74) is 0. The monoisotopic (exact) mass is 88.0 g/mol. The first-order chi connectivity index (χ1) is 2.41. The van der Waals surface area contributed by atoms with E-state index in [2.05, 4.69) is 4.40 Å². The molecule has 0 spiro atoms. The Morgan fingerprint density at radius 3 is 2.60 bits per heavy atom. The molecule has 0 bridgehead atoms. The molecule has 0 aromatic heterocycles. The molecule has 29 valence electrons. The Labute approximate surface area is 36.6 Å². The molecule has 1 nitrogen and oxygen atoms in total. The van der Waals surface area contributed by atoms with Gasteiger partial charge in [0, 0.05) is 5.75 Å². The van der Waals surface area contributed by atoms with Crippen LogP contribution in [-0.2, 0) is 0 Å². The fourth-order valence-corrected chi connectivity index (χ4v) is 0.224. The largest absolute Gasteiger partial charge is 0.223 e. The van der Waals surface area contributed by atoms with E-state index < -0.39 is 0 Å². The van der Waals surface area contributed by atoms with Crippen LogP contribution >= 0.6 is 11.9 Å². The van der Waals surface area contributed by atoms with E-state index in [9.17, 15) is 0 Å². The van der Waals surface area contributed by atoms with Gasteiger partial charge in [0.1, 0.15) is 0 Å². The van der Waals surface area contributed by atoms with Crippen molar-refractivity contribution in [3.05, 3.63) is 0 Å². The molecular formula is C3H6NS. The molecule has 0 saturated heterocycles. The molecule has 0 unspecified atom stereocenters. The van der Waals surface area contributed by atoms with Gasteiger partial charge in [-0.3, -0.25) is 0 Å². The number of nitrogens with zero attached hydrogens (tertiary/aromatic N) is 1. The van der Waals surface area contributed by atoms with Crippen LogP contribution in [0.3, 0.4) is 0 Å². The van der Waals surface area contributed by atoms with Crippen molar-refractivity contribution in [3.8, 4) is 0 Å². The van der Waals surface area contributed by atoms with Gasteiger partial charge in [0.15, 0.2) is 0 Å². The summed E-state index contributed by atoms with van der Waals surface area (Å²) in [6.07, 6.45) is 0. The maximum absolute atomic E-state index is 4.73. The first-order valence-electron chi connectivity index (χ1n) is 1.44. The Morgan fingerprint density at radius 1 is 2.00 bits per heavy atom. The molecule has 0 aliphatic carbocycles. The Hall–Kier alpha value is 0.0200. The number of rotatable bonds is 2. The van der Waals surface area contributed by atoms with Crippen molar-refractivity contribution in [1.82, 2.24) is 0 Å². The molecular weight excluding hydrogens is 82.1 g/mol. The third-order valence-electron chi connectivity index (χ3n) is 0.204. The Kier molecular flexibility index (Phi) is 4.04. The van der Waals surface area contributed by atoms with E-state index in [4.69, 9.17) is 6.72 Å². The van der Waals surface area contributed by atoms with Gasteiger partial charge in [0.2, 0.25) is 0 Å². The summed E-state index contributed by atoms with van der Waals surface area (Å²) in [6.45, 7) is 6.73. The lowest BCUT2D eigenvalue weighted by Gasteiger charge is -1.72. The first kappa shape index (κ1) is 5.02. The van der Waals surface area contributed by atoms with E-state index >= 15 is 0 Å². The normalized spacial score (nSPS) is 7.40. The highest BCUT2D eigenvalue weighted by atomic mass is 32.2. The van der Waals surface area contributed by atoms with E-state index in [0.717, 1.165) is 5.75 Å². The summed E-state index contributed by atoms with van der Waals surface area (Å²) < 4.78 is 3.27. The number of hydrogen-bond donors (Lipinski definition) is 0. The molecule has 0 N–H and O–H groups in total. The van der Waals surface area contributed by atoms with E-state index in [1.54, 1.807) is 0 Å². The average molecular weight is 88.2 g/mol. The quantitative estimate of drug-likeness (QED) is 0.365. The van der Waals surface area contributed by atoms with Crippen LogP contribution in [-0.4, -0.2) is 12.5 Å². The van der Waals surface area contributed by atoms with Gasteiger partial charge in [0.25, 0.3) is 0 Å².